The summed E-state index contributed by atoms with van der Waals surface area (Å²) in [4.78, 5) is 29.7. The van der Waals surface area contributed by atoms with E-state index < -0.39 is 11.9 Å². The highest BCUT2D eigenvalue weighted by atomic mass is 17.2. The number of carbonyl (C=O) groups excluding carboxylic acids is 2. The summed E-state index contributed by atoms with van der Waals surface area (Å²) in [7, 11) is 0. The number of ether oxygens (including phenoxy) is 2. The van der Waals surface area contributed by atoms with Gasteiger partial charge in [-0.1, -0.05) is 6.58 Å². The summed E-state index contributed by atoms with van der Waals surface area (Å²) in [6.45, 7) is 5.16. The van der Waals surface area contributed by atoms with E-state index in [4.69, 9.17) is 0 Å². The van der Waals surface area contributed by atoms with Crippen molar-refractivity contribution < 1.29 is 28.8 Å². The third-order valence-electron chi connectivity index (χ3n) is 0.979. The molecule has 0 unspecified atom stereocenters. The molecule has 14 heavy (non-hydrogen) atoms. The molecule has 0 spiro atoms. The van der Waals surface area contributed by atoms with Crippen LogP contribution in [-0.2, 0) is 28.8 Å². The molecule has 0 atom stereocenters. The van der Waals surface area contributed by atoms with Crippen molar-refractivity contribution in [2.75, 3.05) is 19.8 Å². The van der Waals surface area contributed by atoms with Crippen LogP contribution in [0.4, 0.5) is 0 Å². The normalized spacial score (nSPS) is 8.93. The fraction of sp³-hybridized carbons (Fsp3) is 0.500. The Balaban J connectivity index is 3.43. The van der Waals surface area contributed by atoms with Gasteiger partial charge in [0.2, 0.25) is 0 Å². The fourth-order valence-electron chi connectivity index (χ4n) is 0.485. The van der Waals surface area contributed by atoms with Gasteiger partial charge in [-0.25, -0.2) is 9.59 Å². The Labute approximate surface area is 81.3 Å². The highest BCUT2D eigenvalue weighted by Crippen LogP contribution is 1.87. The second-order valence-corrected chi connectivity index (χ2v) is 1.95. The minimum atomic E-state index is -1.19. The number of rotatable bonds is 6. The molecule has 0 aromatic rings. The predicted molar refractivity (Wildman–Crippen MR) is 44.8 cm³/mol. The minimum Gasteiger partial charge on any atom is -0.499 e. The Morgan fingerprint density at radius 1 is 1.29 bits per heavy atom. The molecule has 80 valence electrons. The number of esters is 1. The Morgan fingerprint density at radius 3 is 2.57 bits per heavy atom. The van der Waals surface area contributed by atoms with Crippen molar-refractivity contribution in [3.8, 4) is 0 Å². The topological polar surface area (TPSA) is 71.1 Å². The Hall–Kier alpha value is -1.56. The van der Waals surface area contributed by atoms with Crippen molar-refractivity contribution in [2.24, 2.45) is 0 Å². The van der Waals surface area contributed by atoms with Crippen LogP contribution >= 0.6 is 0 Å². The van der Waals surface area contributed by atoms with Crippen LogP contribution < -0.4 is 0 Å². The van der Waals surface area contributed by atoms with E-state index >= 15 is 0 Å². The van der Waals surface area contributed by atoms with E-state index in [1.54, 1.807) is 6.92 Å². The smallest absolute Gasteiger partial charge is 0.449 e. The molecule has 0 aromatic heterocycles. The third kappa shape index (κ3) is 6.01. The predicted octanol–water partition coefficient (Wildman–Crippen LogP) is 0.184. The first kappa shape index (κ1) is 12.4. The highest BCUT2D eigenvalue weighted by Gasteiger charge is 2.17. The maximum absolute atomic E-state index is 10.7. The molecule has 0 saturated heterocycles. The van der Waals surface area contributed by atoms with E-state index in [1.807, 2.05) is 0 Å². The summed E-state index contributed by atoms with van der Waals surface area (Å²) in [5.74, 6) is -2.28. The van der Waals surface area contributed by atoms with Gasteiger partial charge >= 0.3 is 11.9 Å². The molecule has 0 bridgehead atoms. The first-order valence-electron chi connectivity index (χ1n) is 3.95. The highest BCUT2D eigenvalue weighted by molar-refractivity contribution is 6.29. The molecule has 0 aromatic carbocycles. The summed E-state index contributed by atoms with van der Waals surface area (Å²) in [5, 5.41) is 0. The Morgan fingerprint density at radius 2 is 2.00 bits per heavy atom. The molecule has 0 aliphatic carbocycles. The van der Waals surface area contributed by atoms with Crippen LogP contribution in [0.3, 0.4) is 0 Å². The average Bonchev–Trinajstić information content (AvgIpc) is 2.17. The molecule has 0 aliphatic heterocycles. The SMILES string of the molecule is C=COCCOOC(=O)C(=O)OCC. The van der Waals surface area contributed by atoms with Crippen LogP contribution in [-0.4, -0.2) is 31.8 Å². The van der Waals surface area contributed by atoms with Crippen molar-refractivity contribution in [3.05, 3.63) is 12.8 Å². The zero-order chi connectivity index (χ0) is 10.8. The van der Waals surface area contributed by atoms with Crippen molar-refractivity contribution >= 4 is 11.9 Å². The average molecular weight is 204 g/mol. The lowest BCUT2D eigenvalue weighted by Crippen LogP contribution is -2.21. The maximum Gasteiger partial charge on any atom is 0.449 e. The van der Waals surface area contributed by atoms with Gasteiger partial charge in [-0.2, -0.15) is 4.89 Å². The Kier molecular flexibility index (Phi) is 7.16. The van der Waals surface area contributed by atoms with E-state index in [0.29, 0.717) is 0 Å². The summed E-state index contributed by atoms with van der Waals surface area (Å²) < 4.78 is 9.00. The van der Waals surface area contributed by atoms with Gasteiger partial charge in [0, 0.05) is 0 Å². The molecule has 6 nitrogen and oxygen atoms in total. The molecular formula is C8H12O6. The largest absolute Gasteiger partial charge is 0.499 e. The van der Waals surface area contributed by atoms with Gasteiger partial charge in [-0.3, -0.25) is 4.89 Å². The first-order chi connectivity index (χ1) is 6.72. The van der Waals surface area contributed by atoms with Crippen molar-refractivity contribution in [1.82, 2.24) is 0 Å². The summed E-state index contributed by atoms with van der Waals surface area (Å²) in [5.41, 5.74) is 0. The second kappa shape index (κ2) is 8.06. The molecule has 0 radical (unpaired) electrons. The minimum absolute atomic E-state index is 0.0111. The molecule has 0 saturated carbocycles. The van der Waals surface area contributed by atoms with Gasteiger partial charge in [0.1, 0.15) is 13.2 Å². The van der Waals surface area contributed by atoms with Gasteiger partial charge in [-0.15, -0.1) is 0 Å². The zero-order valence-electron chi connectivity index (χ0n) is 7.86. The molecule has 0 fully saturated rings. The van der Waals surface area contributed by atoms with Crippen LogP contribution in [0.25, 0.3) is 0 Å². The third-order valence-corrected chi connectivity index (χ3v) is 0.979. The van der Waals surface area contributed by atoms with Gasteiger partial charge in [0.15, 0.2) is 0 Å². The lowest BCUT2D eigenvalue weighted by molar-refractivity contribution is -0.274. The summed E-state index contributed by atoms with van der Waals surface area (Å²) in [6.07, 6.45) is 1.22. The van der Waals surface area contributed by atoms with Gasteiger partial charge in [0.25, 0.3) is 0 Å². The van der Waals surface area contributed by atoms with Crippen LogP contribution in [0, 0.1) is 0 Å². The fourth-order valence-corrected chi connectivity index (χ4v) is 0.485. The molecule has 0 rings (SSSR count). The van der Waals surface area contributed by atoms with Gasteiger partial charge < -0.3 is 9.47 Å². The number of hydrogen-bond donors (Lipinski definition) is 0. The lowest BCUT2D eigenvalue weighted by atomic mass is 10.7. The Bertz CT molecular complexity index is 200. The second-order valence-electron chi connectivity index (χ2n) is 1.95. The molecule has 0 aliphatic rings. The lowest BCUT2D eigenvalue weighted by Gasteiger charge is -2.02. The van der Waals surface area contributed by atoms with Crippen LogP contribution in [0.5, 0.6) is 0 Å². The first-order valence-corrected chi connectivity index (χ1v) is 3.95. The number of hydrogen-bond acceptors (Lipinski definition) is 6. The molecule has 0 N–H and O–H groups in total. The van der Waals surface area contributed by atoms with E-state index in [9.17, 15) is 9.59 Å². The van der Waals surface area contributed by atoms with Gasteiger partial charge in [-0.05, 0) is 6.92 Å². The van der Waals surface area contributed by atoms with Crippen LogP contribution in [0.1, 0.15) is 6.92 Å². The monoisotopic (exact) mass is 204 g/mol. The maximum atomic E-state index is 10.7. The van der Waals surface area contributed by atoms with E-state index in [2.05, 4.69) is 25.8 Å². The number of carbonyl (C=O) groups is 2. The standard InChI is InChI=1S/C8H12O6/c1-3-11-5-6-13-14-8(10)7(9)12-4-2/h3H,1,4-6H2,2H3. The van der Waals surface area contributed by atoms with Crippen molar-refractivity contribution in [1.29, 1.82) is 0 Å². The molecular weight excluding hydrogens is 192 g/mol. The zero-order valence-corrected chi connectivity index (χ0v) is 7.86. The molecule has 6 heteroatoms. The van der Waals surface area contributed by atoms with E-state index in [1.165, 1.54) is 6.26 Å². The summed E-state index contributed by atoms with van der Waals surface area (Å²) >= 11 is 0. The summed E-state index contributed by atoms with van der Waals surface area (Å²) in [6, 6.07) is 0. The van der Waals surface area contributed by atoms with Crippen LogP contribution in [0.2, 0.25) is 0 Å². The molecule has 0 amide bonds. The van der Waals surface area contributed by atoms with Gasteiger partial charge in [0.05, 0.1) is 12.9 Å². The quantitative estimate of drug-likeness (QED) is 0.153. The molecule has 0 heterocycles. The van der Waals surface area contributed by atoms with E-state index in [-0.39, 0.29) is 19.8 Å². The van der Waals surface area contributed by atoms with Crippen molar-refractivity contribution in [2.45, 2.75) is 6.92 Å². The van der Waals surface area contributed by atoms with Crippen molar-refractivity contribution in [3.63, 3.8) is 0 Å². The van der Waals surface area contributed by atoms with E-state index in [0.717, 1.165) is 0 Å². The van der Waals surface area contributed by atoms with Crippen LogP contribution in [0.15, 0.2) is 12.8 Å².